The summed E-state index contributed by atoms with van der Waals surface area (Å²) in [6.45, 7) is 11.1. The Morgan fingerprint density at radius 1 is 1.23 bits per heavy atom. The van der Waals surface area contributed by atoms with E-state index in [2.05, 4.69) is 27.4 Å². The molecule has 5 atom stereocenters. The molecule has 0 aliphatic heterocycles. The van der Waals surface area contributed by atoms with E-state index in [1.165, 1.54) is 5.57 Å². The van der Waals surface area contributed by atoms with Crippen molar-refractivity contribution in [3.05, 3.63) is 59.7 Å². The second-order valence-corrected chi connectivity index (χ2v) is 10.1. The van der Waals surface area contributed by atoms with E-state index in [0.29, 0.717) is 17.9 Å². The molecule has 0 radical (unpaired) electrons. The third-order valence-electron chi connectivity index (χ3n) is 7.94. The second kappa shape index (κ2) is 9.70. The van der Waals surface area contributed by atoms with Gasteiger partial charge in [0.25, 0.3) is 0 Å². The van der Waals surface area contributed by atoms with Crippen LogP contribution in [0.25, 0.3) is 0 Å². The van der Waals surface area contributed by atoms with E-state index >= 15 is 0 Å². The molecule has 4 nitrogen and oxygen atoms in total. The molecule has 1 aromatic carbocycles. The first-order valence-electron chi connectivity index (χ1n) is 11.6. The maximum absolute atomic E-state index is 12.9. The third-order valence-corrected chi connectivity index (χ3v) is 7.94. The summed E-state index contributed by atoms with van der Waals surface area (Å²) in [4.78, 5) is 12.9. The predicted octanol–water partition coefficient (Wildman–Crippen LogP) is 5.31. The Balaban J connectivity index is 1.91. The zero-order valence-electron chi connectivity index (χ0n) is 19.3. The van der Waals surface area contributed by atoms with Crippen LogP contribution in [0.1, 0.15) is 69.7 Å². The molecule has 0 heterocycles. The molecule has 31 heavy (non-hydrogen) atoms. The van der Waals surface area contributed by atoms with Crippen LogP contribution in [0.2, 0.25) is 0 Å². The van der Waals surface area contributed by atoms with Crippen LogP contribution < -0.4 is 0 Å². The number of rotatable bonds is 7. The topological polar surface area (TPSA) is 66.8 Å². The number of allylic oxidation sites excluding steroid dienone is 1. The van der Waals surface area contributed by atoms with Crippen LogP contribution in [-0.2, 0) is 4.74 Å². The van der Waals surface area contributed by atoms with Crippen LogP contribution in [0.15, 0.2) is 54.1 Å². The Kier molecular flexibility index (Phi) is 7.43. The number of esters is 1. The van der Waals surface area contributed by atoms with Gasteiger partial charge in [-0.2, -0.15) is 0 Å². The summed E-state index contributed by atoms with van der Waals surface area (Å²) >= 11 is 0. The number of benzene rings is 1. The normalized spacial score (nSPS) is 33.6. The molecule has 1 aromatic rings. The first kappa shape index (κ1) is 23.7. The van der Waals surface area contributed by atoms with Gasteiger partial charge in [-0.1, -0.05) is 62.3 Å². The lowest BCUT2D eigenvalue weighted by Gasteiger charge is -2.60. The smallest absolute Gasteiger partial charge is 0.338 e. The van der Waals surface area contributed by atoms with E-state index in [-0.39, 0.29) is 42.0 Å². The molecule has 2 N–H and O–H groups in total. The molecule has 170 valence electrons. The van der Waals surface area contributed by atoms with Crippen LogP contribution in [0.5, 0.6) is 0 Å². The van der Waals surface area contributed by atoms with Crippen molar-refractivity contribution < 1.29 is 19.7 Å². The molecular weight excluding hydrogens is 388 g/mol. The SMILES string of the molecule is C=C1C[C@@H](OC(=O)c2ccccc2)C2[C@](C)(CO)CCC[C@]2(C)[C@@H]1CC/C(C)=C/CO. The maximum Gasteiger partial charge on any atom is 0.338 e. The van der Waals surface area contributed by atoms with E-state index in [4.69, 9.17) is 4.74 Å². The van der Waals surface area contributed by atoms with E-state index in [1.807, 2.05) is 24.3 Å². The van der Waals surface area contributed by atoms with Gasteiger partial charge in [0.1, 0.15) is 6.10 Å². The van der Waals surface area contributed by atoms with Crippen molar-refractivity contribution in [2.45, 2.75) is 65.4 Å². The van der Waals surface area contributed by atoms with Gasteiger partial charge in [0.15, 0.2) is 0 Å². The van der Waals surface area contributed by atoms with E-state index in [9.17, 15) is 15.0 Å². The highest BCUT2D eigenvalue weighted by atomic mass is 16.5. The molecule has 4 heteroatoms. The standard InChI is InChI=1S/C27H38O4/c1-19(13-16-28)11-12-22-20(2)17-23(31-25(30)21-9-6-5-7-10-21)24-26(3,18-29)14-8-15-27(22,24)4/h5-7,9-10,13,22-24,28-29H,2,8,11-12,14-18H2,1,3-4H3/b19-13+/t22-,23-,24?,26+,27-/m1/s1. The molecule has 0 aromatic heterocycles. The Bertz CT molecular complexity index is 814. The van der Waals surface area contributed by atoms with Gasteiger partial charge < -0.3 is 14.9 Å². The van der Waals surface area contributed by atoms with Crippen molar-refractivity contribution >= 4 is 5.97 Å². The number of aliphatic hydroxyl groups excluding tert-OH is 2. The number of carbonyl (C=O) groups is 1. The van der Waals surface area contributed by atoms with Crippen LogP contribution >= 0.6 is 0 Å². The highest BCUT2D eigenvalue weighted by Crippen LogP contribution is 2.62. The molecule has 2 aliphatic rings. The van der Waals surface area contributed by atoms with Crippen molar-refractivity contribution in [3.8, 4) is 0 Å². The van der Waals surface area contributed by atoms with Crippen LogP contribution in [0, 0.1) is 22.7 Å². The molecule has 0 saturated heterocycles. The number of fused-ring (bicyclic) bond motifs is 1. The number of hydrogen-bond acceptors (Lipinski definition) is 4. The summed E-state index contributed by atoms with van der Waals surface area (Å²) in [5.74, 6) is 0.0771. The minimum absolute atomic E-state index is 0.0669. The molecule has 0 bridgehead atoms. The van der Waals surface area contributed by atoms with E-state index in [1.54, 1.807) is 12.1 Å². The first-order valence-corrected chi connectivity index (χ1v) is 11.6. The van der Waals surface area contributed by atoms with Gasteiger partial charge in [0.2, 0.25) is 0 Å². The van der Waals surface area contributed by atoms with Gasteiger partial charge in [-0.15, -0.1) is 0 Å². The monoisotopic (exact) mass is 426 g/mol. The van der Waals surface area contributed by atoms with Crippen molar-refractivity contribution in [1.82, 2.24) is 0 Å². The summed E-state index contributed by atoms with van der Waals surface area (Å²) in [7, 11) is 0. The fourth-order valence-electron chi connectivity index (χ4n) is 6.46. The van der Waals surface area contributed by atoms with Crippen LogP contribution in [0.3, 0.4) is 0 Å². The highest BCUT2D eigenvalue weighted by Gasteiger charge is 2.59. The fourth-order valence-corrected chi connectivity index (χ4v) is 6.46. The predicted molar refractivity (Wildman–Crippen MR) is 124 cm³/mol. The summed E-state index contributed by atoms with van der Waals surface area (Å²) in [5, 5.41) is 19.6. The quantitative estimate of drug-likeness (QED) is 0.458. The summed E-state index contributed by atoms with van der Waals surface area (Å²) < 4.78 is 6.14. The van der Waals surface area contributed by atoms with Gasteiger partial charge in [0.05, 0.1) is 12.2 Å². The minimum atomic E-state index is -0.299. The Labute approximate surface area is 187 Å². The van der Waals surface area contributed by atoms with Crippen molar-refractivity contribution in [3.63, 3.8) is 0 Å². The average Bonchev–Trinajstić information content (AvgIpc) is 2.73. The molecule has 2 saturated carbocycles. The van der Waals surface area contributed by atoms with Crippen LogP contribution in [0.4, 0.5) is 0 Å². The minimum Gasteiger partial charge on any atom is -0.458 e. The van der Waals surface area contributed by atoms with Gasteiger partial charge in [-0.25, -0.2) is 4.79 Å². The lowest BCUT2D eigenvalue weighted by molar-refractivity contribution is -0.145. The summed E-state index contributed by atoms with van der Waals surface area (Å²) in [5.41, 5.74) is 2.51. The molecular formula is C27H38O4. The first-order chi connectivity index (χ1) is 14.7. The highest BCUT2D eigenvalue weighted by molar-refractivity contribution is 5.89. The van der Waals surface area contributed by atoms with Crippen LogP contribution in [-0.4, -0.2) is 35.5 Å². The molecule has 1 unspecified atom stereocenters. The lowest BCUT2D eigenvalue weighted by atomic mass is 9.46. The number of hydrogen-bond donors (Lipinski definition) is 2. The van der Waals surface area contributed by atoms with Gasteiger partial charge in [0, 0.05) is 18.9 Å². The second-order valence-electron chi connectivity index (χ2n) is 10.1. The van der Waals surface area contributed by atoms with Gasteiger partial charge >= 0.3 is 5.97 Å². The molecule has 0 spiro atoms. The van der Waals surface area contributed by atoms with Crippen molar-refractivity contribution in [1.29, 1.82) is 0 Å². The lowest BCUT2D eigenvalue weighted by Crippen LogP contribution is -2.58. The maximum atomic E-state index is 12.9. The molecule has 0 amide bonds. The van der Waals surface area contributed by atoms with Gasteiger partial charge in [-0.3, -0.25) is 0 Å². The Morgan fingerprint density at radius 2 is 1.94 bits per heavy atom. The molecule has 2 aliphatic carbocycles. The zero-order chi connectivity index (χ0) is 22.6. The average molecular weight is 427 g/mol. The fraction of sp³-hybridized carbons (Fsp3) is 0.593. The molecule has 2 fully saturated rings. The number of ether oxygens (including phenoxy) is 1. The zero-order valence-corrected chi connectivity index (χ0v) is 19.3. The Morgan fingerprint density at radius 3 is 2.58 bits per heavy atom. The molecule has 3 rings (SSSR count). The summed E-state index contributed by atoms with van der Waals surface area (Å²) in [6, 6.07) is 9.14. The number of aliphatic hydroxyl groups is 2. The van der Waals surface area contributed by atoms with Crippen molar-refractivity contribution in [2.75, 3.05) is 13.2 Å². The van der Waals surface area contributed by atoms with E-state index < -0.39 is 0 Å². The van der Waals surface area contributed by atoms with Crippen molar-refractivity contribution in [2.24, 2.45) is 22.7 Å². The van der Waals surface area contributed by atoms with Gasteiger partial charge in [-0.05, 0) is 61.5 Å². The summed E-state index contributed by atoms with van der Waals surface area (Å²) in [6.07, 6.45) is 7.14. The third kappa shape index (κ3) is 4.80. The Hall–Kier alpha value is -1.91. The largest absolute Gasteiger partial charge is 0.458 e. The number of carbonyl (C=O) groups excluding carboxylic acids is 1. The van der Waals surface area contributed by atoms with E-state index in [0.717, 1.165) is 37.7 Å².